The SMILES string of the molecule is Cl.O=C1OC2CCCCN2O1. The third-order valence-corrected chi connectivity index (χ3v) is 1.82. The van der Waals surface area contributed by atoms with Crippen molar-refractivity contribution < 1.29 is 14.4 Å². The fraction of sp³-hybridized carbons (Fsp3) is 0.833. The first-order valence-electron chi connectivity index (χ1n) is 3.51. The first kappa shape index (κ1) is 8.62. The van der Waals surface area contributed by atoms with Crippen molar-refractivity contribution in [3.8, 4) is 0 Å². The van der Waals surface area contributed by atoms with Gasteiger partial charge in [-0.1, -0.05) is 5.06 Å². The maximum atomic E-state index is 10.5. The highest BCUT2D eigenvalue weighted by atomic mass is 35.5. The lowest BCUT2D eigenvalue weighted by Crippen LogP contribution is -2.33. The van der Waals surface area contributed by atoms with E-state index in [1.165, 1.54) is 0 Å². The molecule has 0 aromatic rings. The summed E-state index contributed by atoms with van der Waals surface area (Å²) < 4.78 is 4.83. The van der Waals surface area contributed by atoms with Crippen molar-refractivity contribution in [2.24, 2.45) is 0 Å². The Balaban J connectivity index is 0.000000605. The van der Waals surface area contributed by atoms with E-state index in [9.17, 15) is 4.79 Å². The average molecular weight is 180 g/mol. The molecule has 0 spiro atoms. The molecule has 2 aliphatic rings. The second-order valence-electron chi connectivity index (χ2n) is 2.55. The first-order chi connectivity index (χ1) is 4.86. The number of piperidine rings is 1. The van der Waals surface area contributed by atoms with E-state index in [0.29, 0.717) is 0 Å². The van der Waals surface area contributed by atoms with E-state index in [1.54, 1.807) is 5.06 Å². The molecule has 0 bridgehead atoms. The third kappa shape index (κ3) is 1.57. The molecule has 1 atom stereocenters. The summed E-state index contributed by atoms with van der Waals surface area (Å²) in [5.74, 6) is 0. The molecule has 0 saturated carbocycles. The van der Waals surface area contributed by atoms with Gasteiger partial charge in [0.15, 0.2) is 6.23 Å². The summed E-state index contributed by atoms with van der Waals surface area (Å²) in [6.07, 6.45) is 2.48. The van der Waals surface area contributed by atoms with Crippen LogP contribution in [-0.2, 0) is 9.57 Å². The van der Waals surface area contributed by atoms with Crippen LogP contribution in [0.4, 0.5) is 4.79 Å². The zero-order valence-electron chi connectivity index (χ0n) is 5.99. The Kier molecular flexibility index (Phi) is 2.57. The Morgan fingerprint density at radius 1 is 1.45 bits per heavy atom. The molecule has 2 rings (SSSR count). The second kappa shape index (κ2) is 3.28. The number of hydrogen-bond donors (Lipinski definition) is 0. The molecule has 0 aromatic carbocycles. The number of rotatable bonds is 0. The Bertz CT molecular complexity index is 148. The molecule has 1 unspecified atom stereocenters. The van der Waals surface area contributed by atoms with Gasteiger partial charge in [0.05, 0.1) is 0 Å². The molecule has 2 saturated heterocycles. The fourth-order valence-corrected chi connectivity index (χ4v) is 1.33. The summed E-state index contributed by atoms with van der Waals surface area (Å²) in [7, 11) is 0. The van der Waals surface area contributed by atoms with Crippen LogP contribution in [0.2, 0.25) is 0 Å². The Morgan fingerprint density at radius 3 is 3.00 bits per heavy atom. The first-order valence-corrected chi connectivity index (χ1v) is 3.51. The van der Waals surface area contributed by atoms with E-state index < -0.39 is 6.16 Å². The second-order valence-corrected chi connectivity index (χ2v) is 2.55. The quantitative estimate of drug-likeness (QED) is 0.526. The molecule has 4 nitrogen and oxygen atoms in total. The molecule has 2 fully saturated rings. The molecule has 11 heavy (non-hydrogen) atoms. The van der Waals surface area contributed by atoms with Gasteiger partial charge in [0.1, 0.15) is 0 Å². The van der Waals surface area contributed by atoms with Crippen molar-refractivity contribution in [2.75, 3.05) is 6.54 Å². The predicted octanol–water partition coefficient (Wildman–Crippen LogP) is 1.30. The van der Waals surface area contributed by atoms with Gasteiger partial charge in [0, 0.05) is 13.0 Å². The van der Waals surface area contributed by atoms with E-state index in [2.05, 4.69) is 0 Å². The smallest absolute Gasteiger partial charge is 0.411 e. The van der Waals surface area contributed by atoms with Crippen LogP contribution in [-0.4, -0.2) is 24.0 Å². The molecule has 0 aliphatic carbocycles. The van der Waals surface area contributed by atoms with Crippen molar-refractivity contribution in [2.45, 2.75) is 25.5 Å². The maximum absolute atomic E-state index is 10.5. The van der Waals surface area contributed by atoms with Crippen LogP contribution in [0.1, 0.15) is 19.3 Å². The monoisotopic (exact) mass is 179 g/mol. The van der Waals surface area contributed by atoms with Gasteiger partial charge in [0.2, 0.25) is 0 Å². The molecule has 2 aliphatic heterocycles. The van der Waals surface area contributed by atoms with Crippen LogP contribution in [0.5, 0.6) is 0 Å². The van der Waals surface area contributed by atoms with E-state index >= 15 is 0 Å². The van der Waals surface area contributed by atoms with Gasteiger partial charge in [-0.15, -0.1) is 12.4 Å². The Hall–Kier alpha value is -0.480. The predicted molar refractivity (Wildman–Crippen MR) is 39.2 cm³/mol. The zero-order chi connectivity index (χ0) is 6.97. The number of ether oxygens (including phenoxy) is 1. The standard InChI is InChI=1S/C6H9NO3.ClH/c8-6-9-5-3-1-2-4-7(5)10-6;/h5H,1-4H2;1H. The van der Waals surface area contributed by atoms with Crippen LogP contribution in [0.15, 0.2) is 0 Å². The summed E-state index contributed by atoms with van der Waals surface area (Å²) in [5.41, 5.74) is 0. The lowest BCUT2D eigenvalue weighted by atomic mass is 10.1. The topological polar surface area (TPSA) is 38.8 Å². The summed E-state index contributed by atoms with van der Waals surface area (Å²) >= 11 is 0. The number of carbonyl (C=O) groups excluding carboxylic acids is 1. The van der Waals surface area contributed by atoms with Gasteiger partial charge in [-0.05, 0) is 12.8 Å². The minimum Gasteiger partial charge on any atom is -0.411 e. The highest BCUT2D eigenvalue weighted by molar-refractivity contribution is 5.85. The molecule has 0 amide bonds. The molecule has 2 heterocycles. The number of nitrogens with zero attached hydrogens (tertiary/aromatic N) is 1. The highest BCUT2D eigenvalue weighted by Crippen LogP contribution is 2.23. The number of hydrogen-bond acceptors (Lipinski definition) is 4. The molecular weight excluding hydrogens is 170 g/mol. The minimum absolute atomic E-state index is 0. The molecule has 0 radical (unpaired) electrons. The minimum atomic E-state index is -0.549. The summed E-state index contributed by atoms with van der Waals surface area (Å²) in [6.45, 7) is 0.816. The lowest BCUT2D eigenvalue weighted by molar-refractivity contribution is -0.122. The van der Waals surface area contributed by atoms with E-state index in [0.717, 1.165) is 25.8 Å². The normalized spacial score (nSPS) is 29.8. The van der Waals surface area contributed by atoms with E-state index in [1.807, 2.05) is 0 Å². The molecular formula is C6H10ClNO3. The van der Waals surface area contributed by atoms with Gasteiger partial charge < -0.3 is 9.57 Å². The zero-order valence-corrected chi connectivity index (χ0v) is 6.80. The van der Waals surface area contributed by atoms with Crippen LogP contribution in [0.25, 0.3) is 0 Å². The van der Waals surface area contributed by atoms with Gasteiger partial charge in [-0.2, -0.15) is 0 Å². The van der Waals surface area contributed by atoms with Gasteiger partial charge in [0.25, 0.3) is 0 Å². The molecule has 0 aromatic heterocycles. The van der Waals surface area contributed by atoms with Crippen molar-refractivity contribution in [1.82, 2.24) is 5.06 Å². The molecule has 5 heteroatoms. The fourth-order valence-electron chi connectivity index (χ4n) is 1.33. The van der Waals surface area contributed by atoms with Gasteiger partial charge >= 0.3 is 6.16 Å². The maximum Gasteiger partial charge on any atom is 0.529 e. The Labute approximate surface area is 70.8 Å². The van der Waals surface area contributed by atoms with Crippen molar-refractivity contribution in [3.63, 3.8) is 0 Å². The van der Waals surface area contributed by atoms with Crippen LogP contribution < -0.4 is 0 Å². The average Bonchev–Trinajstić information content (AvgIpc) is 2.27. The molecule has 64 valence electrons. The van der Waals surface area contributed by atoms with Crippen LogP contribution in [0.3, 0.4) is 0 Å². The number of carbonyl (C=O) groups is 1. The summed E-state index contributed by atoms with van der Waals surface area (Å²) in [5, 5.41) is 1.62. The van der Waals surface area contributed by atoms with Crippen molar-refractivity contribution in [3.05, 3.63) is 0 Å². The van der Waals surface area contributed by atoms with Crippen LogP contribution in [0, 0.1) is 0 Å². The largest absolute Gasteiger partial charge is 0.529 e. The van der Waals surface area contributed by atoms with E-state index in [4.69, 9.17) is 9.57 Å². The highest BCUT2D eigenvalue weighted by Gasteiger charge is 2.35. The van der Waals surface area contributed by atoms with Crippen molar-refractivity contribution in [1.29, 1.82) is 0 Å². The summed E-state index contributed by atoms with van der Waals surface area (Å²) in [4.78, 5) is 15.3. The third-order valence-electron chi connectivity index (χ3n) is 1.82. The lowest BCUT2D eigenvalue weighted by Gasteiger charge is -2.22. The molecule has 0 N–H and O–H groups in total. The number of fused-ring (bicyclic) bond motifs is 1. The van der Waals surface area contributed by atoms with E-state index in [-0.39, 0.29) is 18.6 Å². The summed E-state index contributed by atoms with van der Waals surface area (Å²) in [6, 6.07) is 0. The Morgan fingerprint density at radius 2 is 2.27 bits per heavy atom. The van der Waals surface area contributed by atoms with Crippen molar-refractivity contribution >= 4 is 18.6 Å². The van der Waals surface area contributed by atoms with Gasteiger partial charge in [-0.25, -0.2) is 4.79 Å². The number of hydroxylamine groups is 2. The number of halogens is 1. The van der Waals surface area contributed by atoms with Gasteiger partial charge in [-0.3, -0.25) is 0 Å². The van der Waals surface area contributed by atoms with Crippen LogP contribution >= 0.6 is 12.4 Å².